The molecule has 3 atom stereocenters. The van der Waals surface area contributed by atoms with Crippen LogP contribution in [0.1, 0.15) is 54.1 Å². The second-order valence-electron chi connectivity index (χ2n) is 14.0. The Morgan fingerprint density at radius 3 is 2.53 bits per heavy atom. The monoisotopic (exact) mass is 657 g/mol. The molecule has 0 amide bonds. The number of aromatic nitrogens is 4. The van der Waals surface area contributed by atoms with E-state index in [9.17, 15) is 15.0 Å². The highest BCUT2D eigenvalue weighted by Gasteiger charge is 2.36. The summed E-state index contributed by atoms with van der Waals surface area (Å²) in [5, 5.41) is 29.2. The quantitative estimate of drug-likeness (QED) is 0.176. The molecule has 0 radical (unpaired) electrons. The molecule has 3 aliphatic heterocycles. The van der Waals surface area contributed by atoms with Crippen molar-refractivity contribution in [2.24, 2.45) is 5.92 Å². The molecule has 0 bridgehead atoms. The molecule has 3 N–H and O–H groups in total. The number of nitrogens with zero attached hydrogens (tertiary/aromatic N) is 6. The summed E-state index contributed by atoms with van der Waals surface area (Å²) in [6.07, 6.45) is 7.11. The first-order valence-electron chi connectivity index (χ1n) is 17.5. The van der Waals surface area contributed by atoms with E-state index in [4.69, 9.17) is 10.1 Å². The number of likely N-dealkylation sites (tertiary alicyclic amines) is 2. The van der Waals surface area contributed by atoms with Crippen LogP contribution in [0.4, 0.5) is 11.5 Å². The van der Waals surface area contributed by atoms with Gasteiger partial charge in [0.25, 0.3) is 0 Å². The van der Waals surface area contributed by atoms with E-state index in [0.29, 0.717) is 19.5 Å². The van der Waals surface area contributed by atoms with Crippen LogP contribution in [0.15, 0.2) is 67.0 Å². The smallest absolute Gasteiger partial charge is 0.307 e. The average molecular weight is 658 g/mol. The van der Waals surface area contributed by atoms with Crippen molar-refractivity contribution in [1.29, 1.82) is 0 Å². The van der Waals surface area contributed by atoms with Gasteiger partial charge >= 0.3 is 5.97 Å². The summed E-state index contributed by atoms with van der Waals surface area (Å²) in [5.74, 6) is -0.256. The number of anilines is 2. The standard InChI is InChI=1S/C39H43N7O3/c1-24-30(6-3-8-32(24)34-19-36-35(10-5-15-46(36)43-34)45-17-12-28(22-45)39(48)49)31-7-4-9-33(25(31)2)42-38-37-27(11-14-40-38)18-26(20-41-37)21-44-16-13-29(47)23-44/h3-4,6-9,11,14,18-20,28-29,35,47H,5,10,12-13,15-17,21-23H2,1-2H3,(H,40,42)(H,48,49)/t28-,29-,35?/m1/s1. The Bertz CT molecular complexity index is 2040. The zero-order valence-electron chi connectivity index (χ0n) is 28.1. The Balaban J connectivity index is 1.06. The lowest BCUT2D eigenvalue weighted by atomic mass is 9.91. The fourth-order valence-electron chi connectivity index (χ4n) is 8.13. The zero-order valence-corrected chi connectivity index (χ0v) is 28.1. The SMILES string of the molecule is Cc1c(Nc2nccc3cc(CN4CC[C@@H](O)C4)cnc23)cccc1-c1cccc(-c2cc3n(n2)CCCC3N2CC[C@@H](C(=O)O)C2)c1C. The fourth-order valence-corrected chi connectivity index (χ4v) is 8.13. The fraction of sp³-hybridized carbons (Fsp3) is 0.385. The Kier molecular flexibility index (Phi) is 8.39. The number of hydrogen-bond acceptors (Lipinski definition) is 8. The molecule has 0 spiro atoms. The lowest BCUT2D eigenvalue weighted by Gasteiger charge is -2.31. The number of aliphatic hydroxyl groups is 1. The summed E-state index contributed by atoms with van der Waals surface area (Å²) >= 11 is 0. The summed E-state index contributed by atoms with van der Waals surface area (Å²) in [4.78, 5) is 25.8. The van der Waals surface area contributed by atoms with E-state index in [0.717, 1.165) is 101 Å². The van der Waals surface area contributed by atoms with Gasteiger partial charge in [0.1, 0.15) is 5.52 Å². The predicted octanol–water partition coefficient (Wildman–Crippen LogP) is 6.33. The molecular weight excluding hydrogens is 614 g/mol. The highest BCUT2D eigenvalue weighted by Crippen LogP contribution is 2.40. The van der Waals surface area contributed by atoms with Gasteiger partial charge in [-0.25, -0.2) is 4.98 Å². The first-order chi connectivity index (χ1) is 23.8. The normalized spacial score (nSPS) is 21.3. The molecule has 3 aromatic heterocycles. The van der Waals surface area contributed by atoms with Crippen LogP contribution >= 0.6 is 0 Å². The topological polar surface area (TPSA) is 120 Å². The Hall–Kier alpha value is -4.64. The highest BCUT2D eigenvalue weighted by atomic mass is 16.4. The molecule has 2 saturated heterocycles. The number of benzene rings is 2. The van der Waals surface area contributed by atoms with Gasteiger partial charge in [0.15, 0.2) is 5.82 Å². The van der Waals surface area contributed by atoms with Crippen molar-refractivity contribution in [3.8, 4) is 22.4 Å². The van der Waals surface area contributed by atoms with Crippen molar-refractivity contribution in [3.63, 3.8) is 0 Å². The molecule has 1 unspecified atom stereocenters. The molecule has 10 heteroatoms. The van der Waals surface area contributed by atoms with Crippen LogP contribution in [0.25, 0.3) is 33.3 Å². The maximum Gasteiger partial charge on any atom is 0.307 e. The zero-order chi connectivity index (χ0) is 33.6. The number of pyridine rings is 2. The molecule has 10 nitrogen and oxygen atoms in total. The molecule has 8 rings (SSSR count). The van der Waals surface area contributed by atoms with Crippen LogP contribution in [-0.2, 0) is 17.9 Å². The van der Waals surface area contributed by atoms with Crippen LogP contribution in [0.5, 0.6) is 0 Å². The highest BCUT2D eigenvalue weighted by molar-refractivity contribution is 5.91. The minimum absolute atomic E-state index is 0.204. The van der Waals surface area contributed by atoms with Gasteiger partial charge < -0.3 is 15.5 Å². The Labute approximate surface area is 286 Å². The third kappa shape index (κ3) is 6.09. The molecule has 2 fully saturated rings. The Morgan fingerprint density at radius 1 is 0.918 bits per heavy atom. The van der Waals surface area contributed by atoms with Crippen molar-refractivity contribution in [2.75, 3.05) is 31.5 Å². The number of aryl methyl sites for hydroxylation is 1. The number of rotatable bonds is 8. The lowest BCUT2D eigenvalue weighted by molar-refractivity contribution is -0.141. The van der Waals surface area contributed by atoms with Gasteiger partial charge in [-0.1, -0.05) is 30.3 Å². The number of carboxylic acids is 1. The molecular formula is C39H43N7O3. The van der Waals surface area contributed by atoms with E-state index in [1.54, 1.807) is 0 Å². The summed E-state index contributed by atoms with van der Waals surface area (Å²) in [5.41, 5.74) is 10.8. The molecule has 0 aliphatic carbocycles. The van der Waals surface area contributed by atoms with E-state index < -0.39 is 5.97 Å². The molecule has 3 aliphatic rings. The molecule has 2 aromatic carbocycles. The minimum Gasteiger partial charge on any atom is -0.481 e. The molecule has 6 heterocycles. The summed E-state index contributed by atoms with van der Waals surface area (Å²) in [7, 11) is 0. The number of carbonyl (C=O) groups is 1. The third-order valence-corrected chi connectivity index (χ3v) is 10.8. The largest absolute Gasteiger partial charge is 0.481 e. The van der Waals surface area contributed by atoms with Gasteiger partial charge in [0.05, 0.1) is 29.5 Å². The van der Waals surface area contributed by atoms with E-state index >= 15 is 0 Å². The van der Waals surface area contributed by atoms with Gasteiger partial charge in [-0.2, -0.15) is 5.10 Å². The number of β-amino-alcohol motifs (C(OH)–C–C–N with tert-alkyl or cyclic N) is 1. The van der Waals surface area contributed by atoms with Crippen molar-refractivity contribution in [2.45, 2.75) is 64.8 Å². The first kappa shape index (κ1) is 31.6. The van der Waals surface area contributed by atoms with Crippen LogP contribution in [-0.4, -0.2) is 78.0 Å². The lowest BCUT2D eigenvalue weighted by Crippen LogP contribution is -2.32. The number of nitrogens with one attached hydrogen (secondary N) is 1. The van der Waals surface area contributed by atoms with Gasteiger partial charge in [-0.15, -0.1) is 0 Å². The molecule has 49 heavy (non-hydrogen) atoms. The van der Waals surface area contributed by atoms with Gasteiger partial charge in [0.2, 0.25) is 0 Å². The number of aliphatic hydroxyl groups excluding tert-OH is 1. The van der Waals surface area contributed by atoms with Gasteiger partial charge in [-0.05, 0) is 98.2 Å². The molecule has 252 valence electrons. The van der Waals surface area contributed by atoms with Crippen molar-refractivity contribution < 1.29 is 15.0 Å². The van der Waals surface area contributed by atoms with E-state index in [-0.39, 0.29) is 18.1 Å². The third-order valence-electron chi connectivity index (χ3n) is 10.8. The van der Waals surface area contributed by atoms with Crippen molar-refractivity contribution >= 4 is 28.4 Å². The number of carboxylic acid groups (broad SMARTS) is 1. The molecule has 0 saturated carbocycles. The van der Waals surface area contributed by atoms with Gasteiger partial charge in [0, 0.05) is 61.8 Å². The van der Waals surface area contributed by atoms with Crippen LogP contribution in [0.2, 0.25) is 0 Å². The van der Waals surface area contributed by atoms with Crippen LogP contribution in [0.3, 0.4) is 0 Å². The summed E-state index contributed by atoms with van der Waals surface area (Å²) in [6, 6.07) is 19.4. The first-order valence-corrected chi connectivity index (χ1v) is 17.5. The average Bonchev–Trinajstić information content (AvgIpc) is 3.86. The maximum atomic E-state index is 11.6. The molecule has 5 aromatic rings. The maximum absolute atomic E-state index is 11.6. The van der Waals surface area contributed by atoms with E-state index in [2.05, 4.69) is 87.2 Å². The second kappa shape index (κ2) is 13.0. The number of hydrogen-bond donors (Lipinski definition) is 3. The van der Waals surface area contributed by atoms with Crippen LogP contribution in [0, 0.1) is 19.8 Å². The summed E-state index contributed by atoms with van der Waals surface area (Å²) < 4.78 is 2.14. The van der Waals surface area contributed by atoms with Crippen LogP contribution < -0.4 is 5.32 Å². The van der Waals surface area contributed by atoms with Gasteiger partial charge in [-0.3, -0.25) is 24.3 Å². The van der Waals surface area contributed by atoms with Crippen molar-refractivity contribution in [3.05, 3.63) is 89.4 Å². The summed E-state index contributed by atoms with van der Waals surface area (Å²) in [6.45, 7) is 9.01. The number of aliphatic carboxylic acids is 1. The van der Waals surface area contributed by atoms with Crippen molar-refractivity contribution in [1.82, 2.24) is 29.5 Å². The minimum atomic E-state index is -0.691. The number of fused-ring (bicyclic) bond motifs is 2. The van der Waals surface area contributed by atoms with E-state index in [1.165, 1.54) is 11.3 Å². The van der Waals surface area contributed by atoms with E-state index in [1.807, 2.05) is 18.5 Å². The predicted molar refractivity (Wildman–Crippen MR) is 191 cm³/mol. The Morgan fingerprint density at radius 2 is 1.73 bits per heavy atom. The second-order valence-corrected chi connectivity index (χ2v) is 14.0.